The van der Waals surface area contributed by atoms with Crippen LogP contribution in [0.1, 0.15) is 5.69 Å². The number of nitrogens with one attached hydrogen (secondary N) is 1. The van der Waals surface area contributed by atoms with Crippen molar-refractivity contribution in [1.82, 2.24) is 4.98 Å². The van der Waals surface area contributed by atoms with Crippen molar-refractivity contribution in [2.45, 2.75) is 6.54 Å². The third kappa shape index (κ3) is 2.97. The molecule has 2 aromatic rings. The Bertz CT molecular complexity index is 471. The van der Waals surface area contributed by atoms with E-state index in [2.05, 4.69) is 26.2 Å². The molecule has 1 heterocycles. The highest BCUT2D eigenvalue weighted by molar-refractivity contribution is 9.10. The molecular weight excluding hydrogens is 268 g/mol. The maximum absolute atomic E-state index is 9.13. The summed E-state index contributed by atoms with van der Waals surface area (Å²) in [5, 5.41) is 12.4. The van der Waals surface area contributed by atoms with Gasteiger partial charge in [-0.2, -0.15) is 0 Å². The van der Waals surface area contributed by atoms with Crippen molar-refractivity contribution in [3.63, 3.8) is 0 Å². The SMILES string of the molecule is Oc1ccc(NCc2cc(Br)ccn2)cc1. The maximum atomic E-state index is 9.13. The molecule has 16 heavy (non-hydrogen) atoms. The summed E-state index contributed by atoms with van der Waals surface area (Å²) >= 11 is 3.40. The number of aromatic hydroxyl groups is 1. The quantitative estimate of drug-likeness (QED) is 0.848. The first-order chi connectivity index (χ1) is 7.74. The molecule has 0 unspecified atom stereocenters. The molecule has 0 aliphatic heterocycles. The molecule has 0 amide bonds. The van der Waals surface area contributed by atoms with E-state index in [1.165, 1.54) is 0 Å². The zero-order chi connectivity index (χ0) is 11.4. The normalized spacial score (nSPS) is 10.1. The minimum absolute atomic E-state index is 0.270. The molecular formula is C12H11BrN2O. The molecule has 0 atom stereocenters. The molecule has 1 aromatic carbocycles. The van der Waals surface area contributed by atoms with E-state index in [-0.39, 0.29) is 5.75 Å². The Hall–Kier alpha value is -1.55. The van der Waals surface area contributed by atoms with E-state index >= 15 is 0 Å². The number of anilines is 1. The second kappa shape index (κ2) is 4.99. The van der Waals surface area contributed by atoms with Crippen LogP contribution >= 0.6 is 15.9 Å². The Morgan fingerprint density at radius 2 is 1.94 bits per heavy atom. The van der Waals surface area contributed by atoms with Gasteiger partial charge in [0.05, 0.1) is 12.2 Å². The van der Waals surface area contributed by atoms with E-state index < -0.39 is 0 Å². The standard InChI is InChI=1S/C12H11BrN2O/c13-9-5-6-14-11(7-9)8-15-10-1-3-12(16)4-2-10/h1-7,15-16H,8H2. The summed E-state index contributed by atoms with van der Waals surface area (Å²) in [4.78, 5) is 4.23. The van der Waals surface area contributed by atoms with E-state index in [4.69, 9.17) is 5.11 Å². The summed E-state index contributed by atoms with van der Waals surface area (Å²) in [6.07, 6.45) is 1.76. The summed E-state index contributed by atoms with van der Waals surface area (Å²) in [5.74, 6) is 0.270. The lowest BCUT2D eigenvalue weighted by Crippen LogP contribution is -2.00. The van der Waals surface area contributed by atoms with Crippen LogP contribution in [-0.2, 0) is 6.54 Å². The Labute approximate surface area is 102 Å². The summed E-state index contributed by atoms with van der Waals surface area (Å²) in [6, 6.07) is 10.8. The third-order valence-electron chi connectivity index (χ3n) is 2.12. The monoisotopic (exact) mass is 278 g/mol. The van der Waals surface area contributed by atoms with Crippen molar-refractivity contribution >= 4 is 21.6 Å². The third-order valence-corrected chi connectivity index (χ3v) is 2.61. The van der Waals surface area contributed by atoms with Crippen LogP contribution in [0.5, 0.6) is 5.75 Å². The number of pyridine rings is 1. The fourth-order valence-corrected chi connectivity index (χ4v) is 1.70. The van der Waals surface area contributed by atoms with Gasteiger partial charge in [-0.3, -0.25) is 4.98 Å². The lowest BCUT2D eigenvalue weighted by molar-refractivity contribution is 0.475. The van der Waals surface area contributed by atoms with Gasteiger partial charge in [0.2, 0.25) is 0 Å². The molecule has 0 bridgehead atoms. The lowest BCUT2D eigenvalue weighted by Gasteiger charge is -2.06. The van der Waals surface area contributed by atoms with Crippen LogP contribution in [0.4, 0.5) is 5.69 Å². The number of halogens is 1. The Kier molecular flexibility index (Phi) is 3.41. The largest absolute Gasteiger partial charge is 0.508 e. The van der Waals surface area contributed by atoms with Gasteiger partial charge >= 0.3 is 0 Å². The first-order valence-electron chi connectivity index (χ1n) is 4.87. The van der Waals surface area contributed by atoms with Crippen LogP contribution in [0, 0.1) is 0 Å². The molecule has 0 fully saturated rings. The minimum Gasteiger partial charge on any atom is -0.508 e. The molecule has 1 aromatic heterocycles. The number of aromatic nitrogens is 1. The van der Waals surface area contributed by atoms with E-state index in [0.717, 1.165) is 15.9 Å². The van der Waals surface area contributed by atoms with Crippen molar-refractivity contribution in [3.8, 4) is 5.75 Å². The average molecular weight is 279 g/mol. The van der Waals surface area contributed by atoms with Gasteiger partial charge in [-0.15, -0.1) is 0 Å². The molecule has 4 heteroatoms. The topological polar surface area (TPSA) is 45.1 Å². The van der Waals surface area contributed by atoms with Gasteiger partial charge in [0.1, 0.15) is 5.75 Å². The second-order valence-corrected chi connectivity index (χ2v) is 4.28. The van der Waals surface area contributed by atoms with Crippen LogP contribution in [0.15, 0.2) is 47.1 Å². The molecule has 0 radical (unpaired) electrons. The van der Waals surface area contributed by atoms with Gasteiger partial charge in [0, 0.05) is 16.4 Å². The highest BCUT2D eigenvalue weighted by Crippen LogP contribution is 2.15. The summed E-state index contributed by atoms with van der Waals surface area (Å²) in [7, 11) is 0. The number of phenols is 1. The molecule has 0 aliphatic rings. The number of phenolic OH excluding ortho intramolecular Hbond substituents is 1. The average Bonchev–Trinajstić information content (AvgIpc) is 2.28. The summed E-state index contributed by atoms with van der Waals surface area (Å²) in [5.41, 5.74) is 1.92. The number of nitrogens with zero attached hydrogens (tertiary/aromatic N) is 1. The molecule has 0 saturated heterocycles. The van der Waals surface area contributed by atoms with Crippen LogP contribution in [0.3, 0.4) is 0 Å². The Morgan fingerprint density at radius 3 is 2.62 bits per heavy atom. The molecule has 0 spiro atoms. The van der Waals surface area contributed by atoms with Crippen molar-refractivity contribution in [2.24, 2.45) is 0 Å². The highest BCUT2D eigenvalue weighted by Gasteiger charge is 1.96. The van der Waals surface area contributed by atoms with Crippen LogP contribution in [0.2, 0.25) is 0 Å². The first kappa shape index (κ1) is 11.0. The minimum atomic E-state index is 0.270. The van der Waals surface area contributed by atoms with E-state index in [1.54, 1.807) is 18.3 Å². The lowest BCUT2D eigenvalue weighted by atomic mass is 10.3. The van der Waals surface area contributed by atoms with E-state index in [9.17, 15) is 0 Å². The first-order valence-corrected chi connectivity index (χ1v) is 5.67. The smallest absolute Gasteiger partial charge is 0.115 e. The fourth-order valence-electron chi connectivity index (χ4n) is 1.32. The zero-order valence-electron chi connectivity index (χ0n) is 8.52. The van der Waals surface area contributed by atoms with Crippen molar-refractivity contribution < 1.29 is 5.11 Å². The van der Waals surface area contributed by atoms with Gasteiger partial charge in [-0.1, -0.05) is 15.9 Å². The van der Waals surface area contributed by atoms with E-state index in [0.29, 0.717) is 6.54 Å². The highest BCUT2D eigenvalue weighted by atomic mass is 79.9. The Balaban J connectivity index is 1.99. The molecule has 82 valence electrons. The van der Waals surface area contributed by atoms with Gasteiger partial charge in [-0.05, 0) is 36.4 Å². The number of rotatable bonds is 3. The van der Waals surface area contributed by atoms with Gasteiger partial charge in [0.25, 0.3) is 0 Å². The molecule has 0 saturated carbocycles. The predicted molar refractivity (Wildman–Crippen MR) is 67.4 cm³/mol. The number of hydrogen-bond acceptors (Lipinski definition) is 3. The van der Waals surface area contributed by atoms with Crippen molar-refractivity contribution in [1.29, 1.82) is 0 Å². The number of benzene rings is 1. The Morgan fingerprint density at radius 1 is 1.19 bits per heavy atom. The van der Waals surface area contributed by atoms with Gasteiger partial charge < -0.3 is 10.4 Å². The summed E-state index contributed by atoms with van der Waals surface area (Å²) < 4.78 is 1.02. The molecule has 2 rings (SSSR count). The van der Waals surface area contributed by atoms with Gasteiger partial charge in [-0.25, -0.2) is 0 Å². The molecule has 3 nitrogen and oxygen atoms in total. The predicted octanol–water partition coefficient (Wildman–Crippen LogP) is 3.16. The van der Waals surface area contributed by atoms with Crippen LogP contribution < -0.4 is 5.32 Å². The van der Waals surface area contributed by atoms with Crippen molar-refractivity contribution in [2.75, 3.05) is 5.32 Å². The second-order valence-electron chi connectivity index (χ2n) is 3.37. The van der Waals surface area contributed by atoms with Crippen molar-refractivity contribution in [3.05, 3.63) is 52.8 Å². The van der Waals surface area contributed by atoms with Crippen LogP contribution in [-0.4, -0.2) is 10.1 Å². The molecule has 0 aliphatic carbocycles. The summed E-state index contributed by atoms with van der Waals surface area (Å²) in [6.45, 7) is 0.657. The van der Waals surface area contributed by atoms with Crippen LogP contribution in [0.25, 0.3) is 0 Å². The maximum Gasteiger partial charge on any atom is 0.115 e. The number of hydrogen-bond donors (Lipinski definition) is 2. The zero-order valence-corrected chi connectivity index (χ0v) is 10.1. The van der Waals surface area contributed by atoms with E-state index in [1.807, 2.05) is 24.3 Å². The fraction of sp³-hybridized carbons (Fsp3) is 0.0833. The van der Waals surface area contributed by atoms with Gasteiger partial charge in [0.15, 0.2) is 0 Å². The molecule has 2 N–H and O–H groups in total.